The predicted molar refractivity (Wildman–Crippen MR) is 221 cm³/mol. The van der Waals surface area contributed by atoms with Gasteiger partial charge in [-0.15, -0.1) is 0 Å². The van der Waals surface area contributed by atoms with Crippen molar-refractivity contribution in [3.8, 4) is 28.1 Å². The summed E-state index contributed by atoms with van der Waals surface area (Å²) in [7, 11) is 0. The average Bonchev–Trinajstić information content (AvgIpc) is 3.44. The lowest BCUT2D eigenvalue weighted by Gasteiger charge is -2.43. The highest BCUT2D eigenvalue weighted by Crippen LogP contribution is 2.51. The highest BCUT2D eigenvalue weighted by atomic mass is 16.3. The van der Waals surface area contributed by atoms with E-state index in [4.69, 9.17) is 15.0 Å². The second-order valence-electron chi connectivity index (χ2n) is 17.9. The van der Waals surface area contributed by atoms with Gasteiger partial charge in [-0.25, -0.2) is 0 Å². The van der Waals surface area contributed by atoms with Gasteiger partial charge in [0.1, 0.15) is 5.75 Å². The van der Waals surface area contributed by atoms with Gasteiger partial charge in [0.25, 0.3) is 0 Å². The molecule has 1 N–H and O–H groups in total. The summed E-state index contributed by atoms with van der Waals surface area (Å²) in [5.41, 5.74) is 11.9. The molecule has 0 atom stereocenters. The van der Waals surface area contributed by atoms with E-state index in [1.165, 1.54) is 74.5 Å². The molecule has 2 saturated carbocycles. The second-order valence-corrected chi connectivity index (χ2v) is 17.9. The monoisotopic (exact) mass is 697 g/mol. The van der Waals surface area contributed by atoms with Gasteiger partial charge in [0, 0.05) is 39.7 Å². The van der Waals surface area contributed by atoms with Crippen molar-refractivity contribution >= 4 is 33.1 Å². The number of hydrogen-bond acceptors (Lipinski definition) is 4. The van der Waals surface area contributed by atoms with Crippen LogP contribution in [-0.4, -0.2) is 20.8 Å². The maximum absolute atomic E-state index is 11.3. The van der Waals surface area contributed by atoms with Gasteiger partial charge < -0.3 is 5.11 Å². The van der Waals surface area contributed by atoms with Crippen molar-refractivity contribution in [1.82, 2.24) is 9.97 Å². The van der Waals surface area contributed by atoms with Crippen molar-refractivity contribution in [2.45, 2.75) is 109 Å². The molecule has 0 radical (unpaired) electrons. The highest BCUT2D eigenvalue weighted by Gasteiger charge is 2.39. The van der Waals surface area contributed by atoms with Crippen molar-refractivity contribution in [2.75, 3.05) is 0 Å². The molecule has 3 aliphatic rings. The molecule has 4 heteroatoms. The molecule has 2 aromatic heterocycles. The van der Waals surface area contributed by atoms with Crippen molar-refractivity contribution in [2.24, 2.45) is 10.4 Å². The summed E-state index contributed by atoms with van der Waals surface area (Å²) in [4.78, 5) is 15.1. The molecule has 53 heavy (non-hydrogen) atoms. The van der Waals surface area contributed by atoms with Crippen LogP contribution in [0.4, 0.5) is 5.69 Å². The van der Waals surface area contributed by atoms with Gasteiger partial charge in [-0.2, -0.15) is 0 Å². The molecule has 4 aromatic carbocycles. The van der Waals surface area contributed by atoms with E-state index in [1.54, 1.807) is 0 Å². The van der Waals surface area contributed by atoms with Crippen LogP contribution in [-0.2, 0) is 10.8 Å². The van der Waals surface area contributed by atoms with E-state index in [2.05, 4.69) is 107 Å². The summed E-state index contributed by atoms with van der Waals surface area (Å²) < 4.78 is 0. The van der Waals surface area contributed by atoms with Crippen LogP contribution < -0.4 is 0 Å². The number of pyridine rings is 2. The Labute approximate surface area is 314 Å². The fourth-order valence-corrected chi connectivity index (χ4v) is 9.81. The number of hydrogen-bond donors (Lipinski definition) is 1. The molecule has 6 aromatic rings. The number of aliphatic imine (C=N–C) groups is 1. The van der Waals surface area contributed by atoms with Crippen LogP contribution >= 0.6 is 0 Å². The predicted octanol–water partition coefficient (Wildman–Crippen LogP) is 13.1. The molecule has 2 aliphatic carbocycles. The number of phenols is 1. The molecule has 1 aliphatic heterocycles. The van der Waals surface area contributed by atoms with Gasteiger partial charge in [0.05, 0.1) is 22.6 Å². The Kier molecular flexibility index (Phi) is 8.11. The van der Waals surface area contributed by atoms with Crippen LogP contribution in [0.3, 0.4) is 0 Å². The van der Waals surface area contributed by atoms with Crippen molar-refractivity contribution < 1.29 is 5.11 Å². The fraction of sp³-hybridized carbons (Fsp3) is 0.367. The average molecular weight is 698 g/mol. The van der Waals surface area contributed by atoms with E-state index in [0.29, 0.717) is 11.3 Å². The molecule has 2 fully saturated rings. The topological polar surface area (TPSA) is 58.4 Å². The standard InChI is InChI=1S/C49H51N3O/c1-47(2,3)37-15-16-38(43(53)29-37)46-48(4,5)40-17-18-41-44(45(40)52-46)39-27-35(13-14-36(39)30-51-41)42-28-34(21-26-50-42)32-11-9-31(10-12-32)33-19-24-49(25-20-33)22-7-6-8-23-49/h9-18,21,26-30,33,53H,6-8,19-20,22-25H2,1-5H3. The zero-order valence-electron chi connectivity index (χ0n) is 32.0. The Hall–Kier alpha value is -4.83. The van der Waals surface area contributed by atoms with Crippen molar-refractivity contribution in [3.63, 3.8) is 0 Å². The summed E-state index contributed by atoms with van der Waals surface area (Å²) in [5.74, 6) is 0.965. The maximum Gasteiger partial charge on any atom is 0.124 e. The zero-order valence-corrected chi connectivity index (χ0v) is 32.0. The first-order chi connectivity index (χ1) is 25.5. The smallest absolute Gasteiger partial charge is 0.124 e. The number of phenolic OH excluding ortho intramolecular Hbond substituents is 1. The lowest BCUT2D eigenvalue weighted by atomic mass is 9.62. The largest absolute Gasteiger partial charge is 0.507 e. The summed E-state index contributed by atoms with van der Waals surface area (Å²) >= 11 is 0. The van der Waals surface area contributed by atoms with E-state index in [9.17, 15) is 5.11 Å². The van der Waals surface area contributed by atoms with Crippen LogP contribution in [0.2, 0.25) is 0 Å². The Balaban J connectivity index is 1.05. The van der Waals surface area contributed by atoms with Gasteiger partial charge in [-0.05, 0) is 125 Å². The zero-order chi connectivity index (χ0) is 36.5. The number of nitrogens with zero attached hydrogens (tertiary/aromatic N) is 3. The minimum absolute atomic E-state index is 0.0591. The summed E-state index contributed by atoms with van der Waals surface area (Å²) in [6.45, 7) is 10.9. The lowest BCUT2D eigenvalue weighted by Crippen LogP contribution is -2.29. The van der Waals surface area contributed by atoms with Crippen LogP contribution in [0, 0.1) is 5.41 Å². The van der Waals surface area contributed by atoms with Gasteiger partial charge >= 0.3 is 0 Å². The Morgan fingerprint density at radius 1 is 0.717 bits per heavy atom. The number of benzene rings is 4. The molecule has 0 amide bonds. The molecule has 1 spiro atoms. The first-order valence-electron chi connectivity index (χ1n) is 19.8. The third-order valence-corrected chi connectivity index (χ3v) is 13.2. The van der Waals surface area contributed by atoms with Crippen LogP contribution in [0.25, 0.3) is 44.1 Å². The Morgan fingerprint density at radius 3 is 2.21 bits per heavy atom. The summed E-state index contributed by atoms with van der Waals surface area (Å²) in [5, 5.41) is 14.5. The summed E-state index contributed by atoms with van der Waals surface area (Å²) in [6, 6.07) is 30.6. The normalized spacial score (nSPS) is 18.4. The number of aromatic hydroxyl groups is 1. The van der Waals surface area contributed by atoms with Crippen molar-refractivity contribution in [1.29, 1.82) is 0 Å². The molecule has 0 saturated heterocycles. The molecule has 9 rings (SSSR count). The highest BCUT2D eigenvalue weighted by molar-refractivity contribution is 6.20. The number of fused-ring (bicyclic) bond motifs is 5. The molecule has 268 valence electrons. The summed E-state index contributed by atoms with van der Waals surface area (Å²) in [6.07, 6.45) is 16.6. The molecule has 4 nitrogen and oxygen atoms in total. The number of rotatable bonds is 4. The Morgan fingerprint density at radius 2 is 1.47 bits per heavy atom. The van der Waals surface area contributed by atoms with Crippen molar-refractivity contribution in [3.05, 3.63) is 120 Å². The SMILES string of the molecule is CC(C)(C)c1ccc(C2=Nc3c(ccc4ncc5ccc(-c6cc(-c7ccc(C8CCC9(CCCCC9)CC8)cc7)ccn6)cc5c34)C2(C)C)c(O)c1. The quantitative estimate of drug-likeness (QED) is 0.187. The van der Waals surface area contributed by atoms with Gasteiger partial charge in [-0.3, -0.25) is 15.0 Å². The van der Waals surface area contributed by atoms with Crippen LogP contribution in [0.15, 0.2) is 102 Å². The fourth-order valence-electron chi connectivity index (χ4n) is 9.81. The Bertz CT molecular complexity index is 2400. The minimum Gasteiger partial charge on any atom is -0.507 e. The molecule has 0 unspecified atom stereocenters. The first kappa shape index (κ1) is 34.0. The second kappa shape index (κ2) is 12.6. The first-order valence-corrected chi connectivity index (χ1v) is 19.8. The lowest BCUT2D eigenvalue weighted by molar-refractivity contribution is 0.114. The number of aromatic nitrogens is 2. The molecular formula is C49H51N3O. The molecule has 3 heterocycles. The minimum atomic E-state index is -0.399. The van der Waals surface area contributed by atoms with Gasteiger partial charge in [0.2, 0.25) is 0 Å². The van der Waals surface area contributed by atoms with Gasteiger partial charge in [-0.1, -0.05) is 102 Å². The van der Waals surface area contributed by atoms with E-state index in [-0.39, 0.29) is 11.2 Å². The molecule has 0 bridgehead atoms. The van der Waals surface area contributed by atoms with Crippen LogP contribution in [0.5, 0.6) is 5.75 Å². The van der Waals surface area contributed by atoms with E-state index in [0.717, 1.165) is 61.0 Å². The maximum atomic E-state index is 11.3. The van der Waals surface area contributed by atoms with E-state index < -0.39 is 5.41 Å². The van der Waals surface area contributed by atoms with E-state index in [1.807, 2.05) is 24.5 Å². The molecular weight excluding hydrogens is 647 g/mol. The third kappa shape index (κ3) is 5.95. The van der Waals surface area contributed by atoms with Gasteiger partial charge in [0.15, 0.2) is 0 Å². The third-order valence-electron chi connectivity index (χ3n) is 13.2. The van der Waals surface area contributed by atoms with Crippen LogP contribution in [0.1, 0.15) is 121 Å². The van der Waals surface area contributed by atoms with E-state index >= 15 is 0 Å².